The van der Waals surface area contributed by atoms with Crippen molar-refractivity contribution < 1.29 is 23.1 Å². The molecule has 1 aromatic rings. The molecule has 1 N–H and O–H groups in total. The number of alkyl halides is 3. The van der Waals surface area contributed by atoms with Crippen molar-refractivity contribution in [3.8, 4) is 0 Å². The van der Waals surface area contributed by atoms with Gasteiger partial charge in [0.2, 0.25) is 0 Å². The van der Waals surface area contributed by atoms with Crippen LogP contribution in [0.3, 0.4) is 0 Å². The number of hydrogen-bond donors (Lipinski definition) is 1. The highest BCUT2D eigenvalue weighted by Gasteiger charge is 2.41. The Balaban J connectivity index is 2.04. The predicted molar refractivity (Wildman–Crippen MR) is 70.1 cm³/mol. The first-order valence-electron chi connectivity index (χ1n) is 6.39. The number of carboxylic acid groups (broad SMARTS) is 1. The third kappa shape index (κ3) is 3.52. The zero-order valence-electron chi connectivity index (χ0n) is 11.0. The molecule has 1 unspecified atom stereocenters. The molecule has 2 heterocycles. The summed E-state index contributed by atoms with van der Waals surface area (Å²) in [6.07, 6.45) is -3.43. The van der Waals surface area contributed by atoms with Gasteiger partial charge in [0.15, 0.2) is 0 Å². The van der Waals surface area contributed by atoms with Crippen molar-refractivity contribution in [2.75, 3.05) is 13.1 Å². The quantitative estimate of drug-likeness (QED) is 0.928. The zero-order chi connectivity index (χ0) is 14.9. The maximum Gasteiger partial charge on any atom is 0.393 e. The number of aryl methyl sites for hydroxylation is 1. The molecule has 0 aromatic carbocycles. The topological polar surface area (TPSA) is 40.5 Å². The SMILES string of the molecule is Cc1sc(C(=O)O)cc1CN1CCCC(C(F)(F)F)C1. The number of rotatable bonds is 3. The summed E-state index contributed by atoms with van der Waals surface area (Å²) >= 11 is 1.17. The summed E-state index contributed by atoms with van der Waals surface area (Å²) in [5, 5.41) is 8.93. The number of halogens is 3. The summed E-state index contributed by atoms with van der Waals surface area (Å²) < 4.78 is 38.2. The van der Waals surface area contributed by atoms with E-state index in [1.165, 1.54) is 11.3 Å². The van der Waals surface area contributed by atoms with Crippen molar-refractivity contribution in [2.24, 2.45) is 5.92 Å². The van der Waals surface area contributed by atoms with Gasteiger partial charge in [0.1, 0.15) is 4.88 Å². The average Bonchev–Trinajstić information content (AvgIpc) is 2.70. The van der Waals surface area contributed by atoms with Gasteiger partial charge in [0, 0.05) is 18.0 Å². The molecule has 20 heavy (non-hydrogen) atoms. The van der Waals surface area contributed by atoms with Gasteiger partial charge in [-0.1, -0.05) is 0 Å². The van der Waals surface area contributed by atoms with Crippen LogP contribution in [0.4, 0.5) is 13.2 Å². The first kappa shape index (κ1) is 15.3. The highest BCUT2D eigenvalue weighted by Crippen LogP contribution is 2.34. The molecular weight excluding hydrogens is 291 g/mol. The molecule has 0 spiro atoms. The van der Waals surface area contributed by atoms with Crippen LogP contribution in [0.25, 0.3) is 0 Å². The minimum Gasteiger partial charge on any atom is -0.477 e. The molecule has 1 aliphatic rings. The Morgan fingerprint density at radius 2 is 2.25 bits per heavy atom. The lowest BCUT2D eigenvalue weighted by Crippen LogP contribution is -2.41. The van der Waals surface area contributed by atoms with Gasteiger partial charge in [-0.2, -0.15) is 13.2 Å². The van der Waals surface area contributed by atoms with Crippen LogP contribution in [0.2, 0.25) is 0 Å². The summed E-state index contributed by atoms with van der Waals surface area (Å²) in [5.41, 5.74) is 0.815. The lowest BCUT2D eigenvalue weighted by Gasteiger charge is -2.33. The van der Waals surface area contributed by atoms with Crippen LogP contribution in [-0.4, -0.2) is 35.2 Å². The van der Waals surface area contributed by atoms with Gasteiger partial charge in [0.05, 0.1) is 5.92 Å². The Kier molecular flexibility index (Phi) is 4.39. The summed E-state index contributed by atoms with van der Waals surface area (Å²) in [6, 6.07) is 1.57. The second-order valence-corrected chi connectivity index (χ2v) is 6.37. The smallest absolute Gasteiger partial charge is 0.393 e. The molecule has 1 aliphatic heterocycles. The minimum absolute atomic E-state index is 0.00118. The van der Waals surface area contributed by atoms with Crippen LogP contribution in [-0.2, 0) is 6.54 Å². The van der Waals surface area contributed by atoms with E-state index in [2.05, 4.69) is 0 Å². The number of carboxylic acids is 1. The van der Waals surface area contributed by atoms with E-state index in [4.69, 9.17) is 5.11 Å². The predicted octanol–water partition coefficient (Wildman–Crippen LogP) is 3.53. The van der Waals surface area contributed by atoms with Crippen LogP contribution in [0.15, 0.2) is 6.07 Å². The van der Waals surface area contributed by atoms with Crippen LogP contribution >= 0.6 is 11.3 Å². The number of hydrogen-bond acceptors (Lipinski definition) is 3. The highest BCUT2D eigenvalue weighted by atomic mass is 32.1. The maximum absolute atomic E-state index is 12.7. The fourth-order valence-corrected chi connectivity index (χ4v) is 3.36. The molecule has 1 atom stereocenters. The molecule has 0 radical (unpaired) electrons. The maximum atomic E-state index is 12.7. The number of aromatic carboxylic acids is 1. The van der Waals surface area contributed by atoms with Gasteiger partial charge in [0.25, 0.3) is 0 Å². The second-order valence-electron chi connectivity index (χ2n) is 5.11. The molecule has 7 heteroatoms. The molecule has 112 valence electrons. The van der Waals surface area contributed by atoms with Gasteiger partial charge < -0.3 is 5.11 Å². The average molecular weight is 307 g/mol. The molecule has 0 saturated carbocycles. The van der Waals surface area contributed by atoms with Crippen molar-refractivity contribution >= 4 is 17.3 Å². The van der Waals surface area contributed by atoms with E-state index in [-0.39, 0.29) is 17.8 Å². The van der Waals surface area contributed by atoms with Crippen molar-refractivity contribution in [3.05, 3.63) is 21.4 Å². The number of carbonyl (C=O) groups is 1. The molecule has 1 saturated heterocycles. The van der Waals surface area contributed by atoms with E-state index in [9.17, 15) is 18.0 Å². The van der Waals surface area contributed by atoms with E-state index >= 15 is 0 Å². The fraction of sp³-hybridized carbons (Fsp3) is 0.615. The summed E-state index contributed by atoms with van der Waals surface area (Å²) in [7, 11) is 0. The lowest BCUT2D eigenvalue weighted by atomic mass is 9.97. The largest absolute Gasteiger partial charge is 0.477 e. The molecule has 0 amide bonds. The molecule has 2 rings (SSSR count). The van der Waals surface area contributed by atoms with E-state index in [0.717, 1.165) is 10.4 Å². The monoisotopic (exact) mass is 307 g/mol. The van der Waals surface area contributed by atoms with Crippen molar-refractivity contribution in [2.45, 2.75) is 32.5 Å². The van der Waals surface area contributed by atoms with Crippen LogP contribution in [0.1, 0.15) is 33.0 Å². The molecular formula is C13H16F3NO2S. The first-order valence-corrected chi connectivity index (χ1v) is 7.20. The van der Waals surface area contributed by atoms with Crippen LogP contribution < -0.4 is 0 Å². The Morgan fingerprint density at radius 1 is 1.55 bits per heavy atom. The fourth-order valence-electron chi connectivity index (χ4n) is 2.49. The molecule has 0 aliphatic carbocycles. The summed E-state index contributed by atoms with van der Waals surface area (Å²) in [4.78, 5) is 13.8. The standard InChI is InChI=1S/C13H16F3NO2S/c1-8-9(5-11(20-8)12(18)19)6-17-4-2-3-10(7-17)13(14,15)16/h5,10H,2-4,6-7H2,1H3,(H,18,19). The van der Waals surface area contributed by atoms with E-state index in [1.807, 2.05) is 0 Å². The van der Waals surface area contributed by atoms with E-state index in [0.29, 0.717) is 19.5 Å². The zero-order valence-corrected chi connectivity index (χ0v) is 11.9. The summed E-state index contributed by atoms with van der Waals surface area (Å²) in [5.74, 6) is -2.26. The Labute approximate surface area is 119 Å². The number of piperidine rings is 1. The van der Waals surface area contributed by atoms with E-state index in [1.54, 1.807) is 17.9 Å². The Morgan fingerprint density at radius 3 is 2.80 bits per heavy atom. The third-order valence-corrected chi connectivity index (χ3v) is 4.67. The van der Waals surface area contributed by atoms with E-state index < -0.39 is 18.1 Å². The molecule has 3 nitrogen and oxygen atoms in total. The number of likely N-dealkylation sites (tertiary alicyclic amines) is 1. The van der Waals surface area contributed by atoms with Crippen molar-refractivity contribution in [1.82, 2.24) is 4.90 Å². The van der Waals surface area contributed by atoms with Gasteiger partial charge >= 0.3 is 12.1 Å². The Bertz CT molecular complexity index is 498. The number of thiophene rings is 1. The lowest BCUT2D eigenvalue weighted by molar-refractivity contribution is -0.187. The summed E-state index contributed by atoms with van der Waals surface area (Å²) in [6.45, 7) is 2.82. The molecule has 1 fully saturated rings. The van der Waals surface area contributed by atoms with Crippen molar-refractivity contribution in [1.29, 1.82) is 0 Å². The molecule has 1 aromatic heterocycles. The molecule has 0 bridgehead atoms. The number of nitrogens with zero attached hydrogens (tertiary/aromatic N) is 1. The van der Waals surface area contributed by atoms with Crippen LogP contribution in [0.5, 0.6) is 0 Å². The van der Waals surface area contributed by atoms with Gasteiger partial charge in [-0.05, 0) is 37.9 Å². The van der Waals surface area contributed by atoms with Gasteiger partial charge in [-0.3, -0.25) is 4.90 Å². The Hall–Kier alpha value is -1.08. The first-order chi connectivity index (χ1) is 9.27. The van der Waals surface area contributed by atoms with Crippen LogP contribution in [0, 0.1) is 12.8 Å². The normalized spacial score (nSPS) is 21.1. The highest BCUT2D eigenvalue weighted by molar-refractivity contribution is 7.14. The third-order valence-electron chi connectivity index (χ3n) is 3.59. The van der Waals surface area contributed by atoms with Crippen molar-refractivity contribution in [3.63, 3.8) is 0 Å². The van der Waals surface area contributed by atoms with Gasteiger partial charge in [-0.15, -0.1) is 11.3 Å². The minimum atomic E-state index is -4.14. The van der Waals surface area contributed by atoms with Gasteiger partial charge in [-0.25, -0.2) is 4.79 Å². The second kappa shape index (κ2) is 5.73.